The van der Waals surface area contributed by atoms with Crippen molar-refractivity contribution in [2.45, 2.75) is 33.0 Å². The first-order valence-electron chi connectivity index (χ1n) is 9.72. The number of aromatic nitrogens is 3. The minimum atomic E-state index is -0.325. The van der Waals surface area contributed by atoms with Gasteiger partial charge in [-0.25, -0.2) is 13.9 Å². The Labute approximate surface area is 169 Å². The first kappa shape index (κ1) is 19.3. The van der Waals surface area contributed by atoms with E-state index < -0.39 is 0 Å². The van der Waals surface area contributed by atoms with Crippen molar-refractivity contribution < 1.29 is 9.13 Å². The van der Waals surface area contributed by atoms with Crippen LogP contribution in [0.25, 0.3) is 16.9 Å². The van der Waals surface area contributed by atoms with Crippen molar-refractivity contribution in [3.63, 3.8) is 0 Å². The number of nitrogens with one attached hydrogen (secondary N) is 1. The molecule has 1 N–H and O–H groups in total. The predicted molar refractivity (Wildman–Crippen MR) is 112 cm³/mol. The Hall–Kier alpha value is -3.00. The maximum Gasteiger partial charge on any atom is 0.154 e. The molecule has 0 bridgehead atoms. The van der Waals surface area contributed by atoms with E-state index in [0.717, 1.165) is 30.2 Å². The van der Waals surface area contributed by atoms with E-state index in [4.69, 9.17) is 9.84 Å². The van der Waals surface area contributed by atoms with Gasteiger partial charge in [-0.1, -0.05) is 6.07 Å². The molecule has 3 aromatic rings. The highest BCUT2D eigenvalue weighted by Gasteiger charge is 2.24. The fourth-order valence-corrected chi connectivity index (χ4v) is 3.76. The van der Waals surface area contributed by atoms with Crippen molar-refractivity contribution in [3.8, 4) is 11.3 Å². The molecule has 0 radical (unpaired) electrons. The molecule has 2 aromatic heterocycles. The molecule has 4 rings (SSSR count). The van der Waals surface area contributed by atoms with Gasteiger partial charge in [0.05, 0.1) is 29.8 Å². The first-order chi connectivity index (χ1) is 14.0. The predicted octanol–water partition coefficient (Wildman–Crippen LogP) is 3.09. The molecular weight excluding hydrogens is 371 g/mol. The van der Waals surface area contributed by atoms with Gasteiger partial charge in [0.2, 0.25) is 0 Å². The van der Waals surface area contributed by atoms with Crippen LogP contribution in [0.15, 0.2) is 41.6 Å². The van der Waals surface area contributed by atoms with Gasteiger partial charge in [0.15, 0.2) is 5.65 Å². The summed E-state index contributed by atoms with van der Waals surface area (Å²) in [6.07, 6.45) is 1.91. The number of anilines is 1. The standard InChI is InChI=1S/C21H25FN6O/c1-13-11-27(12-14(2)29-13)21-8-7-20-24-10-19(28(20)26-21)17-9-16(5-6-18(17)22)15(3)25-23-4/h5-10,13-14,23H,11-12H2,1-4H3/b25-15-/t13-,14+. The van der Waals surface area contributed by atoms with Crippen LogP contribution in [0.3, 0.4) is 0 Å². The molecule has 1 aliphatic rings. The van der Waals surface area contributed by atoms with E-state index in [1.54, 1.807) is 29.9 Å². The van der Waals surface area contributed by atoms with Gasteiger partial charge in [0, 0.05) is 25.7 Å². The zero-order valence-corrected chi connectivity index (χ0v) is 17.1. The number of ether oxygens (including phenoxy) is 1. The molecule has 7 nitrogen and oxygen atoms in total. The Morgan fingerprint density at radius 2 is 1.97 bits per heavy atom. The Bertz CT molecular complexity index is 1050. The van der Waals surface area contributed by atoms with Crippen molar-refractivity contribution in [2.75, 3.05) is 25.0 Å². The topological polar surface area (TPSA) is 67.0 Å². The number of nitrogens with zero attached hydrogens (tertiary/aromatic N) is 5. The summed E-state index contributed by atoms with van der Waals surface area (Å²) >= 11 is 0. The monoisotopic (exact) mass is 396 g/mol. The molecule has 3 heterocycles. The van der Waals surface area contributed by atoms with E-state index in [1.807, 2.05) is 19.1 Å². The van der Waals surface area contributed by atoms with Crippen LogP contribution in [0.1, 0.15) is 26.3 Å². The van der Waals surface area contributed by atoms with E-state index >= 15 is 0 Å². The Balaban J connectivity index is 1.77. The lowest BCUT2D eigenvalue weighted by Gasteiger charge is -2.35. The lowest BCUT2D eigenvalue weighted by molar-refractivity contribution is -0.00551. The molecule has 0 unspecified atom stereocenters. The van der Waals surface area contributed by atoms with E-state index in [2.05, 4.69) is 34.3 Å². The number of rotatable bonds is 4. The molecule has 2 atom stereocenters. The summed E-state index contributed by atoms with van der Waals surface area (Å²) in [6.45, 7) is 7.51. The Kier molecular flexibility index (Phi) is 5.19. The smallest absolute Gasteiger partial charge is 0.154 e. The second-order valence-electron chi connectivity index (χ2n) is 7.38. The molecule has 152 valence electrons. The summed E-state index contributed by atoms with van der Waals surface area (Å²) in [5.41, 5.74) is 6.08. The summed E-state index contributed by atoms with van der Waals surface area (Å²) in [5.74, 6) is 0.497. The van der Waals surface area contributed by atoms with Crippen LogP contribution < -0.4 is 10.3 Å². The molecule has 29 heavy (non-hydrogen) atoms. The van der Waals surface area contributed by atoms with Crippen molar-refractivity contribution in [1.82, 2.24) is 20.0 Å². The number of imidazole rings is 1. The second-order valence-corrected chi connectivity index (χ2v) is 7.38. The third-order valence-corrected chi connectivity index (χ3v) is 5.03. The second kappa shape index (κ2) is 7.79. The molecule has 1 aliphatic heterocycles. The molecule has 1 fully saturated rings. The maximum absolute atomic E-state index is 14.7. The number of fused-ring (bicyclic) bond motifs is 1. The van der Waals surface area contributed by atoms with Crippen molar-refractivity contribution >= 4 is 17.2 Å². The lowest BCUT2D eigenvalue weighted by Crippen LogP contribution is -2.46. The van der Waals surface area contributed by atoms with Crippen LogP contribution in [0.4, 0.5) is 10.2 Å². The zero-order chi connectivity index (χ0) is 20.5. The van der Waals surface area contributed by atoms with Gasteiger partial charge >= 0.3 is 0 Å². The molecular formula is C21H25FN6O. The SMILES string of the molecule is CN/N=C(/C)c1ccc(F)c(-c2cnc3ccc(N4C[C@@H](C)O[C@@H](C)C4)nn23)c1. The average molecular weight is 396 g/mol. The normalized spacial score (nSPS) is 20.3. The minimum Gasteiger partial charge on any atom is -0.372 e. The Morgan fingerprint density at radius 1 is 1.21 bits per heavy atom. The van der Waals surface area contributed by atoms with Gasteiger partial charge in [-0.05, 0) is 50.6 Å². The fourth-order valence-electron chi connectivity index (χ4n) is 3.76. The number of halogens is 1. The van der Waals surface area contributed by atoms with Gasteiger partial charge < -0.3 is 15.1 Å². The van der Waals surface area contributed by atoms with Crippen LogP contribution in [-0.4, -0.2) is 52.7 Å². The van der Waals surface area contributed by atoms with E-state index in [-0.39, 0.29) is 18.0 Å². The minimum absolute atomic E-state index is 0.127. The molecule has 1 saturated heterocycles. The molecule has 0 spiro atoms. The van der Waals surface area contributed by atoms with Crippen LogP contribution in [0, 0.1) is 5.82 Å². The highest BCUT2D eigenvalue weighted by atomic mass is 19.1. The third-order valence-electron chi connectivity index (χ3n) is 5.03. The zero-order valence-electron chi connectivity index (χ0n) is 17.1. The van der Waals surface area contributed by atoms with E-state index in [9.17, 15) is 4.39 Å². The maximum atomic E-state index is 14.7. The van der Waals surface area contributed by atoms with Gasteiger partial charge in [0.1, 0.15) is 11.6 Å². The molecule has 1 aromatic carbocycles. The van der Waals surface area contributed by atoms with Crippen molar-refractivity contribution in [1.29, 1.82) is 0 Å². The summed E-state index contributed by atoms with van der Waals surface area (Å²) in [4.78, 5) is 6.60. The quantitative estimate of drug-likeness (QED) is 0.542. The first-order valence-corrected chi connectivity index (χ1v) is 9.72. The van der Waals surface area contributed by atoms with Crippen molar-refractivity contribution in [3.05, 3.63) is 47.9 Å². The molecule has 0 aliphatic carbocycles. The third kappa shape index (κ3) is 3.80. The summed E-state index contributed by atoms with van der Waals surface area (Å²) in [7, 11) is 1.73. The number of benzene rings is 1. The average Bonchev–Trinajstić information content (AvgIpc) is 3.11. The highest BCUT2D eigenvalue weighted by Crippen LogP contribution is 2.26. The van der Waals surface area contributed by atoms with Gasteiger partial charge in [-0.2, -0.15) is 5.10 Å². The van der Waals surface area contributed by atoms with Crippen LogP contribution in [-0.2, 0) is 4.74 Å². The van der Waals surface area contributed by atoms with Gasteiger partial charge in [0.25, 0.3) is 0 Å². The van der Waals surface area contributed by atoms with Gasteiger partial charge in [-0.15, -0.1) is 5.10 Å². The van der Waals surface area contributed by atoms with E-state index in [1.165, 1.54) is 6.07 Å². The summed E-state index contributed by atoms with van der Waals surface area (Å²) in [5, 5.41) is 8.96. The fraction of sp³-hybridized carbons (Fsp3) is 0.381. The van der Waals surface area contributed by atoms with Crippen LogP contribution in [0.2, 0.25) is 0 Å². The molecule has 0 saturated carbocycles. The Morgan fingerprint density at radius 3 is 2.69 bits per heavy atom. The van der Waals surface area contributed by atoms with Gasteiger partial charge in [-0.3, -0.25) is 0 Å². The number of morpholine rings is 1. The number of hydrogen-bond acceptors (Lipinski definition) is 6. The highest BCUT2D eigenvalue weighted by molar-refractivity contribution is 5.99. The summed E-state index contributed by atoms with van der Waals surface area (Å²) in [6, 6.07) is 8.81. The van der Waals surface area contributed by atoms with Crippen LogP contribution in [0.5, 0.6) is 0 Å². The molecule has 8 heteroatoms. The lowest BCUT2D eigenvalue weighted by atomic mass is 10.1. The van der Waals surface area contributed by atoms with E-state index in [0.29, 0.717) is 16.9 Å². The largest absolute Gasteiger partial charge is 0.372 e. The molecule has 0 amide bonds. The van der Waals surface area contributed by atoms with Crippen LogP contribution >= 0.6 is 0 Å². The number of hydrogen-bond donors (Lipinski definition) is 1. The van der Waals surface area contributed by atoms with Crippen molar-refractivity contribution in [2.24, 2.45) is 5.10 Å². The summed E-state index contributed by atoms with van der Waals surface area (Å²) < 4.78 is 22.2. The number of hydrazone groups is 1.